The summed E-state index contributed by atoms with van der Waals surface area (Å²) in [4.78, 5) is 26.4. The van der Waals surface area contributed by atoms with Gasteiger partial charge in [-0.1, -0.05) is 36.8 Å². The van der Waals surface area contributed by atoms with Gasteiger partial charge in [0.2, 0.25) is 11.8 Å². The van der Waals surface area contributed by atoms with Crippen molar-refractivity contribution in [2.24, 2.45) is 7.05 Å². The fraction of sp³-hybridized carbons (Fsp3) is 0.450. The first-order valence-corrected chi connectivity index (χ1v) is 9.23. The predicted molar refractivity (Wildman–Crippen MR) is 102 cm³/mol. The average molecular weight is 354 g/mol. The number of carbonyl (C=O) groups excluding carboxylic acids is 2. The van der Waals surface area contributed by atoms with E-state index in [1.807, 2.05) is 49.2 Å². The number of hydrogen-bond acceptors (Lipinski definition) is 3. The summed E-state index contributed by atoms with van der Waals surface area (Å²) in [6, 6.07) is 9.92. The number of carbonyl (C=O) groups is 2. The van der Waals surface area contributed by atoms with Crippen molar-refractivity contribution in [2.45, 2.75) is 39.0 Å². The first-order valence-electron chi connectivity index (χ1n) is 9.23. The van der Waals surface area contributed by atoms with Crippen LogP contribution in [-0.4, -0.2) is 39.6 Å². The number of aromatic nitrogens is 2. The first-order chi connectivity index (χ1) is 12.6. The molecule has 1 saturated heterocycles. The van der Waals surface area contributed by atoms with Gasteiger partial charge in [0.05, 0.1) is 5.69 Å². The highest BCUT2D eigenvalue weighted by Crippen LogP contribution is 2.30. The molecule has 2 amide bonds. The van der Waals surface area contributed by atoms with E-state index in [4.69, 9.17) is 0 Å². The quantitative estimate of drug-likeness (QED) is 0.897. The summed E-state index contributed by atoms with van der Waals surface area (Å²) in [5.74, 6) is 0.764. The van der Waals surface area contributed by atoms with Crippen LogP contribution in [0.4, 0.5) is 5.82 Å². The second-order valence-electron chi connectivity index (χ2n) is 6.79. The van der Waals surface area contributed by atoms with Crippen LogP contribution in [0.3, 0.4) is 0 Å². The lowest BCUT2D eigenvalue weighted by atomic mass is 10.1. The highest BCUT2D eigenvalue weighted by molar-refractivity contribution is 5.95. The maximum atomic E-state index is 12.5. The van der Waals surface area contributed by atoms with Gasteiger partial charge in [0, 0.05) is 38.5 Å². The summed E-state index contributed by atoms with van der Waals surface area (Å²) in [5.41, 5.74) is 2.83. The lowest BCUT2D eigenvalue weighted by molar-refractivity contribution is -0.131. The molecule has 0 radical (unpaired) electrons. The third-order valence-corrected chi connectivity index (χ3v) is 4.82. The Labute approximate surface area is 154 Å². The van der Waals surface area contributed by atoms with E-state index in [2.05, 4.69) is 10.4 Å². The molecule has 1 fully saturated rings. The minimum atomic E-state index is -0.0952. The van der Waals surface area contributed by atoms with E-state index in [-0.39, 0.29) is 11.8 Å². The Morgan fingerprint density at radius 1 is 1.19 bits per heavy atom. The number of benzene rings is 1. The normalized spacial score (nSPS) is 15.0. The van der Waals surface area contributed by atoms with E-state index in [1.165, 1.54) is 0 Å². The summed E-state index contributed by atoms with van der Waals surface area (Å²) < 4.78 is 1.70. The predicted octanol–water partition coefficient (Wildman–Crippen LogP) is 3.13. The molecule has 0 bridgehead atoms. The molecule has 26 heavy (non-hydrogen) atoms. The number of amides is 2. The standard InChI is InChI=1S/C20H26N4O2/c1-15-19(16-9-5-3-6-10-16)20(23(2)22-15)21-17(25)12-14-24-13-8-4-7-11-18(24)26/h3,5-6,9-10H,4,7-8,11-14H2,1-2H3,(H,21,25). The van der Waals surface area contributed by atoms with Crippen LogP contribution in [0.1, 0.15) is 37.8 Å². The second kappa shape index (κ2) is 8.17. The molecule has 2 heterocycles. The smallest absolute Gasteiger partial charge is 0.227 e. The molecule has 138 valence electrons. The minimum absolute atomic E-state index is 0.0952. The minimum Gasteiger partial charge on any atom is -0.342 e. The molecule has 2 aromatic rings. The molecule has 1 aromatic heterocycles. The number of anilines is 1. The summed E-state index contributed by atoms with van der Waals surface area (Å²) in [5, 5.41) is 7.44. The molecule has 6 nitrogen and oxygen atoms in total. The third kappa shape index (κ3) is 4.12. The van der Waals surface area contributed by atoms with E-state index in [1.54, 1.807) is 4.68 Å². The first kappa shape index (κ1) is 18.2. The maximum absolute atomic E-state index is 12.5. The van der Waals surface area contributed by atoms with Crippen LogP contribution in [0.2, 0.25) is 0 Å². The summed E-state index contributed by atoms with van der Waals surface area (Å²) in [7, 11) is 1.83. The Bertz CT molecular complexity index is 783. The zero-order chi connectivity index (χ0) is 18.5. The second-order valence-corrected chi connectivity index (χ2v) is 6.79. The molecule has 0 aliphatic carbocycles. The van der Waals surface area contributed by atoms with Gasteiger partial charge in [-0.05, 0) is 25.3 Å². The summed E-state index contributed by atoms with van der Waals surface area (Å²) in [6.07, 6.45) is 3.96. The van der Waals surface area contributed by atoms with Crippen LogP contribution >= 0.6 is 0 Å². The van der Waals surface area contributed by atoms with E-state index in [0.717, 1.165) is 42.6 Å². The molecule has 0 unspecified atom stereocenters. The van der Waals surface area contributed by atoms with Gasteiger partial charge in [-0.2, -0.15) is 5.10 Å². The molecule has 1 aliphatic rings. The van der Waals surface area contributed by atoms with Crippen molar-refractivity contribution in [3.8, 4) is 11.1 Å². The Balaban J connectivity index is 1.69. The largest absolute Gasteiger partial charge is 0.342 e. The van der Waals surface area contributed by atoms with Crippen molar-refractivity contribution in [3.63, 3.8) is 0 Å². The molecular weight excluding hydrogens is 328 g/mol. The topological polar surface area (TPSA) is 67.2 Å². The number of nitrogens with zero attached hydrogens (tertiary/aromatic N) is 3. The van der Waals surface area contributed by atoms with Crippen molar-refractivity contribution >= 4 is 17.6 Å². The van der Waals surface area contributed by atoms with Crippen molar-refractivity contribution in [1.29, 1.82) is 0 Å². The summed E-state index contributed by atoms with van der Waals surface area (Å²) in [6.45, 7) is 3.17. The molecule has 0 saturated carbocycles. The third-order valence-electron chi connectivity index (χ3n) is 4.82. The van der Waals surface area contributed by atoms with Crippen molar-refractivity contribution < 1.29 is 9.59 Å². The Hall–Kier alpha value is -2.63. The molecular formula is C20H26N4O2. The molecule has 3 rings (SSSR count). The van der Waals surface area contributed by atoms with Crippen molar-refractivity contribution in [1.82, 2.24) is 14.7 Å². The molecule has 1 aromatic carbocycles. The number of hydrogen-bond donors (Lipinski definition) is 1. The number of nitrogens with one attached hydrogen (secondary N) is 1. The van der Waals surface area contributed by atoms with Crippen LogP contribution < -0.4 is 5.32 Å². The van der Waals surface area contributed by atoms with Crippen molar-refractivity contribution in [3.05, 3.63) is 36.0 Å². The highest BCUT2D eigenvalue weighted by Gasteiger charge is 2.20. The summed E-state index contributed by atoms with van der Waals surface area (Å²) >= 11 is 0. The van der Waals surface area contributed by atoms with Crippen LogP contribution in [0, 0.1) is 6.92 Å². The molecule has 0 atom stereocenters. The van der Waals surface area contributed by atoms with Gasteiger partial charge >= 0.3 is 0 Å². The Kier molecular flexibility index (Phi) is 5.71. The van der Waals surface area contributed by atoms with E-state index in [0.29, 0.717) is 25.2 Å². The fourth-order valence-electron chi connectivity index (χ4n) is 3.46. The molecule has 0 spiro atoms. The van der Waals surface area contributed by atoms with Gasteiger partial charge in [-0.3, -0.25) is 14.3 Å². The van der Waals surface area contributed by atoms with E-state index in [9.17, 15) is 9.59 Å². The maximum Gasteiger partial charge on any atom is 0.227 e. The zero-order valence-corrected chi connectivity index (χ0v) is 15.5. The highest BCUT2D eigenvalue weighted by atomic mass is 16.2. The Morgan fingerprint density at radius 2 is 1.96 bits per heavy atom. The van der Waals surface area contributed by atoms with Crippen LogP contribution in [0.15, 0.2) is 30.3 Å². The van der Waals surface area contributed by atoms with Gasteiger partial charge in [0.25, 0.3) is 0 Å². The number of aryl methyl sites for hydroxylation is 2. The van der Waals surface area contributed by atoms with Gasteiger partial charge in [-0.25, -0.2) is 0 Å². The zero-order valence-electron chi connectivity index (χ0n) is 15.5. The van der Waals surface area contributed by atoms with Gasteiger partial charge in [-0.15, -0.1) is 0 Å². The number of likely N-dealkylation sites (tertiary alicyclic amines) is 1. The van der Waals surface area contributed by atoms with Crippen LogP contribution in [-0.2, 0) is 16.6 Å². The molecule has 1 aliphatic heterocycles. The van der Waals surface area contributed by atoms with Crippen molar-refractivity contribution in [2.75, 3.05) is 18.4 Å². The van der Waals surface area contributed by atoms with E-state index >= 15 is 0 Å². The van der Waals surface area contributed by atoms with Gasteiger partial charge in [0.1, 0.15) is 5.82 Å². The monoisotopic (exact) mass is 354 g/mol. The SMILES string of the molecule is Cc1nn(C)c(NC(=O)CCN2CCCCCC2=O)c1-c1ccccc1. The Morgan fingerprint density at radius 3 is 2.73 bits per heavy atom. The molecule has 6 heteroatoms. The lowest BCUT2D eigenvalue weighted by Crippen LogP contribution is -2.33. The fourth-order valence-corrected chi connectivity index (χ4v) is 3.46. The van der Waals surface area contributed by atoms with E-state index < -0.39 is 0 Å². The van der Waals surface area contributed by atoms with Crippen LogP contribution in [0.25, 0.3) is 11.1 Å². The van der Waals surface area contributed by atoms with Gasteiger partial charge < -0.3 is 10.2 Å². The molecule has 1 N–H and O–H groups in total. The lowest BCUT2D eigenvalue weighted by Gasteiger charge is -2.20. The van der Waals surface area contributed by atoms with Crippen LogP contribution in [0.5, 0.6) is 0 Å². The van der Waals surface area contributed by atoms with Gasteiger partial charge in [0.15, 0.2) is 0 Å². The number of rotatable bonds is 5. The average Bonchev–Trinajstić information content (AvgIpc) is 2.78.